The van der Waals surface area contributed by atoms with E-state index in [1.165, 1.54) is 20.3 Å². The Morgan fingerprint density at radius 1 is 1.29 bits per heavy atom. The Kier molecular flexibility index (Phi) is 3.06. The lowest BCUT2D eigenvalue weighted by Crippen LogP contribution is -2.00. The number of carbonyl (C=O) groups excluding carboxylic acids is 1. The number of halogens is 1. The van der Waals surface area contributed by atoms with Crippen LogP contribution in [-0.4, -0.2) is 20.5 Å². The van der Waals surface area contributed by atoms with Gasteiger partial charge in [0.15, 0.2) is 23.6 Å². The molecule has 1 aromatic rings. The summed E-state index contributed by atoms with van der Waals surface area (Å²) in [7, 11) is 2.69. The van der Waals surface area contributed by atoms with Gasteiger partial charge in [0.05, 0.1) is 19.8 Å². The molecule has 0 heterocycles. The first kappa shape index (κ1) is 10.5. The van der Waals surface area contributed by atoms with E-state index in [0.717, 1.165) is 0 Å². The fourth-order valence-electron chi connectivity index (χ4n) is 1.28. The summed E-state index contributed by atoms with van der Waals surface area (Å²) in [6, 6.07) is 1.24. The Morgan fingerprint density at radius 2 is 1.86 bits per heavy atom. The normalized spacial score (nSPS) is 9.71. The van der Waals surface area contributed by atoms with Gasteiger partial charge in [-0.05, 0) is 18.6 Å². The van der Waals surface area contributed by atoms with E-state index in [4.69, 9.17) is 9.47 Å². The molecule has 1 aromatic carbocycles. The maximum atomic E-state index is 13.3. The van der Waals surface area contributed by atoms with Crippen molar-refractivity contribution in [3.63, 3.8) is 0 Å². The van der Waals surface area contributed by atoms with Gasteiger partial charge >= 0.3 is 0 Å². The van der Waals surface area contributed by atoms with Crippen LogP contribution in [0.5, 0.6) is 11.5 Å². The van der Waals surface area contributed by atoms with Crippen LogP contribution >= 0.6 is 0 Å². The van der Waals surface area contributed by atoms with Gasteiger partial charge in [-0.15, -0.1) is 0 Å². The van der Waals surface area contributed by atoms with E-state index in [1.807, 2.05) is 0 Å². The molecule has 0 unspecified atom stereocenters. The van der Waals surface area contributed by atoms with Gasteiger partial charge in [-0.1, -0.05) is 0 Å². The maximum Gasteiger partial charge on any atom is 0.197 e. The van der Waals surface area contributed by atoms with Gasteiger partial charge in [0.2, 0.25) is 0 Å². The molecule has 0 saturated heterocycles. The summed E-state index contributed by atoms with van der Waals surface area (Å²) < 4.78 is 23.0. The minimum Gasteiger partial charge on any atom is -0.492 e. The Morgan fingerprint density at radius 3 is 2.29 bits per heavy atom. The summed E-state index contributed by atoms with van der Waals surface area (Å²) in [6.45, 7) is 1.63. The van der Waals surface area contributed by atoms with Crippen LogP contribution in [0.3, 0.4) is 0 Å². The summed E-state index contributed by atoms with van der Waals surface area (Å²) >= 11 is 0. The highest BCUT2D eigenvalue weighted by Crippen LogP contribution is 2.34. The van der Waals surface area contributed by atoms with Gasteiger partial charge < -0.3 is 9.47 Å². The molecule has 4 heteroatoms. The zero-order valence-corrected chi connectivity index (χ0v) is 8.26. The predicted octanol–water partition coefficient (Wildman–Crippen LogP) is 1.96. The zero-order chi connectivity index (χ0) is 10.7. The highest BCUT2D eigenvalue weighted by Gasteiger charge is 2.17. The van der Waals surface area contributed by atoms with Gasteiger partial charge in [0, 0.05) is 0 Å². The number of aryl methyl sites for hydroxylation is 1. The van der Waals surface area contributed by atoms with E-state index >= 15 is 0 Å². The minimum absolute atomic E-state index is 0.0415. The summed E-state index contributed by atoms with van der Waals surface area (Å²) in [6.07, 6.45) is 0.621. The first-order valence-corrected chi connectivity index (χ1v) is 4.02. The molecule has 0 radical (unpaired) electrons. The lowest BCUT2D eigenvalue weighted by atomic mass is 10.1. The Hall–Kier alpha value is -1.58. The third kappa shape index (κ3) is 1.55. The SMILES string of the molecule is COc1c(F)cc(C)c(C=O)c1OC. The third-order valence-corrected chi connectivity index (χ3v) is 1.96. The standard InChI is InChI=1S/C10H11FO3/c1-6-4-8(11)10(14-3)9(13-2)7(6)5-12/h4-5H,1-3H3. The maximum absolute atomic E-state index is 13.3. The molecule has 76 valence electrons. The number of carbonyl (C=O) groups is 1. The van der Waals surface area contributed by atoms with Crippen molar-refractivity contribution in [3.8, 4) is 11.5 Å². The van der Waals surface area contributed by atoms with Crippen molar-refractivity contribution >= 4 is 6.29 Å². The summed E-state index contributed by atoms with van der Waals surface area (Å²) in [5.41, 5.74) is 0.834. The largest absolute Gasteiger partial charge is 0.492 e. The van der Waals surface area contributed by atoms with Gasteiger partial charge in [0.25, 0.3) is 0 Å². The van der Waals surface area contributed by atoms with E-state index in [1.54, 1.807) is 6.92 Å². The average Bonchev–Trinajstić information content (AvgIpc) is 2.16. The van der Waals surface area contributed by atoms with Crippen molar-refractivity contribution < 1.29 is 18.7 Å². The van der Waals surface area contributed by atoms with E-state index in [2.05, 4.69) is 0 Å². The summed E-state index contributed by atoms with van der Waals surface area (Å²) in [5.74, 6) is -0.437. The van der Waals surface area contributed by atoms with Crippen LogP contribution in [0, 0.1) is 12.7 Å². The topological polar surface area (TPSA) is 35.5 Å². The van der Waals surface area contributed by atoms with Crippen LogP contribution in [0.4, 0.5) is 4.39 Å². The average molecular weight is 198 g/mol. The third-order valence-electron chi connectivity index (χ3n) is 1.96. The quantitative estimate of drug-likeness (QED) is 0.696. The second-order valence-electron chi connectivity index (χ2n) is 2.77. The summed E-state index contributed by atoms with van der Waals surface area (Å²) in [5, 5.41) is 0. The molecule has 0 fully saturated rings. The van der Waals surface area contributed by atoms with Crippen LogP contribution in [-0.2, 0) is 0 Å². The predicted molar refractivity (Wildman–Crippen MR) is 49.6 cm³/mol. The molecule has 1 rings (SSSR count). The van der Waals surface area contributed by atoms with Crippen LogP contribution in [0.15, 0.2) is 6.07 Å². The zero-order valence-electron chi connectivity index (χ0n) is 8.26. The number of hydrogen-bond donors (Lipinski definition) is 0. The molecule has 0 aliphatic heterocycles. The minimum atomic E-state index is -0.535. The van der Waals surface area contributed by atoms with Crippen molar-refractivity contribution in [3.05, 3.63) is 23.0 Å². The fraction of sp³-hybridized carbons (Fsp3) is 0.300. The van der Waals surface area contributed by atoms with Gasteiger partial charge in [-0.3, -0.25) is 4.79 Å². The number of benzene rings is 1. The number of rotatable bonds is 3. The molecule has 0 aliphatic carbocycles. The molecule has 0 N–H and O–H groups in total. The van der Waals surface area contributed by atoms with Gasteiger partial charge in [-0.2, -0.15) is 0 Å². The van der Waals surface area contributed by atoms with Crippen LogP contribution in [0.2, 0.25) is 0 Å². The van der Waals surface area contributed by atoms with E-state index in [9.17, 15) is 9.18 Å². The molecule has 0 atom stereocenters. The van der Waals surface area contributed by atoms with Gasteiger partial charge in [-0.25, -0.2) is 4.39 Å². The second kappa shape index (κ2) is 4.09. The molecule has 3 nitrogen and oxygen atoms in total. The monoisotopic (exact) mass is 198 g/mol. The van der Waals surface area contributed by atoms with Crippen molar-refractivity contribution in [2.24, 2.45) is 0 Å². The lowest BCUT2D eigenvalue weighted by Gasteiger charge is -2.12. The van der Waals surface area contributed by atoms with Crippen molar-refractivity contribution in [1.29, 1.82) is 0 Å². The highest BCUT2D eigenvalue weighted by molar-refractivity contribution is 5.83. The smallest absolute Gasteiger partial charge is 0.197 e. The Balaban J connectivity index is 3.50. The number of methoxy groups -OCH3 is 2. The van der Waals surface area contributed by atoms with E-state index in [-0.39, 0.29) is 11.5 Å². The van der Waals surface area contributed by atoms with Crippen molar-refractivity contribution in [2.75, 3.05) is 14.2 Å². The molecular formula is C10H11FO3. The van der Waals surface area contributed by atoms with Gasteiger partial charge in [0.1, 0.15) is 0 Å². The molecule has 0 spiro atoms. The Labute approximate surface area is 81.4 Å². The summed E-state index contributed by atoms with van der Waals surface area (Å²) in [4.78, 5) is 10.7. The number of aldehydes is 1. The van der Waals surface area contributed by atoms with E-state index in [0.29, 0.717) is 17.4 Å². The molecule has 0 bridgehead atoms. The van der Waals surface area contributed by atoms with Crippen molar-refractivity contribution in [2.45, 2.75) is 6.92 Å². The number of hydrogen-bond acceptors (Lipinski definition) is 3. The molecular weight excluding hydrogens is 187 g/mol. The molecule has 0 amide bonds. The molecule has 14 heavy (non-hydrogen) atoms. The van der Waals surface area contributed by atoms with Crippen LogP contribution in [0.1, 0.15) is 15.9 Å². The Bertz CT molecular complexity index is 361. The second-order valence-corrected chi connectivity index (χ2v) is 2.77. The first-order valence-electron chi connectivity index (χ1n) is 4.02. The lowest BCUT2D eigenvalue weighted by molar-refractivity contribution is 0.111. The molecule has 0 aliphatic rings. The van der Waals surface area contributed by atoms with Crippen LogP contribution < -0.4 is 9.47 Å². The van der Waals surface area contributed by atoms with E-state index < -0.39 is 5.82 Å². The number of ether oxygens (including phenoxy) is 2. The fourth-order valence-corrected chi connectivity index (χ4v) is 1.28. The molecule has 0 aromatic heterocycles. The van der Waals surface area contributed by atoms with Crippen LogP contribution in [0.25, 0.3) is 0 Å². The van der Waals surface area contributed by atoms with Crippen molar-refractivity contribution in [1.82, 2.24) is 0 Å². The highest BCUT2D eigenvalue weighted by atomic mass is 19.1. The first-order chi connectivity index (χ1) is 6.65. The molecule has 0 saturated carbocycles.